The maximum atomic E-state index is 11.8. The number of likely N-dealkylation sites (tertiary alicyclic amines) is 1. The topological polar surface area (TPSA) is 76.9 Å². The first-order valence-corrected chi connectivity index (χ1v) is 11.2. The lowest BCUT2D eigenvalue weighted by Gasteiger charge is -2.31. The Labute approximate surface area is 184 Å². The number of rotatable bonds is 8. The molecule has 168 valence electrons. The molecule has 7 nitrogen and oxygen atoms in total. The Balaban J connectivity index is 1.57. The Morgan fingerprint density at radius 3 is 2.74 bits per heavy atom. The second-order valence-corrected chi connectivity index (χ2v) is 8.58. The summed E-state index contributed by atoms with van der Waals surface area (Å²) < 4.78 is 16.8. The van der Waals surface area contributed by atoms with E-state index in [2.05, 4.69) is 33.9 Å². The molecule has 2 fully saturated rings. The van der Waals surface area contributed by atoms with Crippen LogP contribution in [0.1, 0.15) is 43.4 Å². The molecule has 31 heavy (non-hydrogen) atoms. The maximum absolute atomic E-state index is 11.8. The van der Waals surface area contributed by atoms with Crippen LogP contribution in [0.2, 0.25) is 0 Å². The minimum Gasteiger partial charge on any atom is -0.496 e. The van der Waals surface area contributed by atoms with Crippen molar-refractivity contribution in [2.45, 2.75) is 45.8 Å². The van der Waals surface area contributed by atoms with Gasteiger partial charge in [-0.1, -0.05) is 17.7 Å². The molecule has 7 heteroatoms. The van der Waals surface area contributed by atoms with E-state index in [0.29, 0.717) is 37.0 Å². The van der Waals surface area contributed by atoms with E-state index in [9.17, 15) is 5.11 Å². The van der Waals surface area contributed by atoms with Crippen LogP contribution in [0.5, 0.6) is 17.6 Å². The standard InChI is InChI=1S/C24H33N3O4/c1-5-30-22-19(12-25-23(26-22)31-6-2)24(28)10-9-17-13-27(15-20(17)24)14-18-11-16(3)7-8-21(18)29-4/h7-8,11-12,17,20,28H,5-6,9-10,13-15H2,1-4H3. The Kier molecular flexibility index (Phi) is 6.34. The third-order valence-corrected chi connectivity index (χ3v) is 6.61. The quantitative estimate of drug-likeness (QED) is 0.692. The van der Waals surface area contributed by atoms with Crippen LogP contribution in [-0.4, -0.2) is 53.4 Å². The Hall–Kier alpha value is -2.38. The molecule has 0 amide bonds. The lowest BCUT2D eigenvalue weighted by Crippen LogP contribution is -2.35. The van der Waals surface area contributed by atoms with E-state index in [4.69, 9.17) is 14.2 Å². The zero-order valence-corrected chi connectivity index (χ0v) is 18.9. The fourth-order valence-electron chi connectivity index (χ4n) is 5.21. The normalized spacial score (nSPS) is 25.5. The zero-order chi connectivity index (χ0) is 22.0. The van der Waals surface area contributed by atoms with E-state index in [1.165, 1.54) is 11.1 Å². The van der Waals surface area contributed by atoms with Crippen LogP contribution < -0.4 is 14.2 Å². The highest BCUT2D eigenvalue weighted by atomic mass is 16.5. The number of nitrogens with zero attached hydrogens (tertiary/aromatic N) is 3. The molecule has 2 aromatic rings. The molecule has 1 aromatic heterocycles. The van der Waals surface area contributed by atoms with Gasteiger partial charge in [0.2, 0.25) is 5.88 Å². The average Bonchev–Trinajstić information content (AvgIpc) is 3.29. The molecule has 0 radical (unpaired) electrons. The summed E-state index contributed by atoms with van der Waals surface area (Å²) in [5.41, 5.74) is 2.09. The number of aromatic nitrogens is 2. The Morgan fingerprint density at radius 2 is 2.00 bits per heavy atom. The van der Waals surface area contributed by atoms with Gasteiger partial charge in [0.1, 0.15) is 11.4 Å². The van der Waals surface area contributed by atoms with Crippen molar-refractivity contribution in [3.05, 3.63) is 41.1 Å². The second kappa shape index (κ2) is 9.01. The predicted octanol–water partition coefficient (Wildman–Crippen LogP) is 3.32. The Bertz CT molecular complexity index is 922. The molecule has 0 bridgehead atoms. The van der Waals surface area contributed by atoms with Crippen molar-refractivity contribution in [1.82, 2.24) is 14.9 Å². The number of benzene rings is 1. The van der Waals surface area contributed by atoms with Crippen molar-refractivity contribution in [3.8, 4) is 17.6 Å². The molecule has 0 spiro atoms. The van der Waals surface area contributed by atoms with Gasteiger partial charge in [-0.3, -0.25) is 4.90 Å². The summed E-state index contributed by atoms with van der Waals surface area (Å²) in [4.78, 5) is 11.2. The molecule has 2 heterocycles. The van der Waals surface area contributed by atoms with Crippen LogP contribution in [0.3, 0.4) is 0 Å². The van der Waals surface area contributed by atoms with Gasteiger partial charge in [-0.05, 0) is 45.6 Å². The summed E-state index contributed by atoms with van der Waals surface area (Å²) in [6, 6.07) is 6.57. The fourth-order valence-corrected chi connectivity index (χ4v) is 5.21. The van der Waals surface area contributed by atoms with E-state index in [0.717, 1.165) is 31.8 Å². The van der Waals surface area contributed by atoms with Crippen molar-refractivity contribution in [3.63, 3.8) is 0 Å². The van der Waals surface area contributed by atoms with Crippen molar-refractivity contribution in [2.24, 2.45) is 11.8 Å². The van der Waals surface area contributed by atoms with Crippen LogP contribution in [0.25, 0.3) is 0 Å². The minimum atomic E-state index is -0.995. The average molecular weight is 428 g/mol. The minimum absolute atomic E-state index is 0.115. The SMILES string of the molecule is CCOc1ncc(C2(O)CCC3CN(Cc4cc(C)ccc4OC)CC32)c(OCC)n1. The first kappa shape index (κ1) is 21.8. The summed E-state index contributed by atoms with van der Waals surface area (Å²) in [7, 11) is 1.72. The molecule has 1 saturated carbocycles. The molecule has 3 unspecified atom stereocenters. The van der Waals surface area contributed by atoms with Crippen LogP contribution >= 0.6 is 0 Å². The van der Waals surface area contributed by atoms with E-state index in [1.54, 1.807) is 13.3 Å². The van der Waals surface area contributed by atoms with Gasteiger partial charge in [0.25, 0.3) is 0 Å². The van der Waals surface area contributed by atoms with Crippen molar-refractivity contribution >= 4 is 0 Å². The molecule has 1 aliphatic heterocycles. The number of aryl methyl sites for hydroxylation is 1. The van der Waals surface area contributed by atoms with Gasteiger partial charge >= 0.3 is 6.01 Å². The molecule has 3 atom stereocenters. The number of methoxy groups -OCH3 is 1. The second-order valence-electron chi connectivity index (χ2n) is 8.58. The number of hydrogen-bond donors (Lipinski definition) is 1. The first-order valence-electron chi connectivity index (χ1n) is 11.2. The summed E-state index contributed by atoms with van der Waals surface area (Å²) >= 11 is 0. The highest BCUT2D eigenvalue weighted by Crippen LogP contribution is 2.52. The van der Waals surface area contributed by atoms with Crippen molar-refractivity contribution < 1.29 is 19.3 Å². The van der Waals surface area contributed by atoms with Gasteiger partial charge in [-0.15, -0.1) is 0 Å². The third kappa shape index (κ3) is 4.21. The van der Waals surface area contributed by atoms with E-state index in [1.807, 2.05) is 19.9 Å². The van der Waals surface area contributed by atoms with Gasteiger partial charge in [0, 0.05) is 37.3 Å². The van der Waals surface area contributed by atoms with Crippen LogP contribution in [0.15, 0.2) is 24.4 Å². The van der Waals surface area contributed by atoms with Crippen LogP contribution in [-0.2, 0) is 12.1 Å². The summed E-state index contributed by atoms with van der Waals surface area (Å²) in [5, 5.41) is 11.8. The molecule has 1 aromatic carbocycles. The van der Waals surface area contributed by atoms with Crippen LogP contribution in [0.4, 0.5) is 0 Å². The number of ether oxygens (including phenoxy) is 3. The third-order valence-electron chi connectivity index (χ3n) is 6.61. The molecular formula is C24H33N3O4. The highest BCUT2D eigenvalue weighted by Gasteiger charge is 2.54. The Morgan fingerprint density at radius 1 is 1.19 bits per heavy atom. The molecule has 1 N–H and O–H groups in total. The summed E-state index contributed by atoms with van der Waals surface area (Å²) in [6.07, 6.45) is 3.36. The predicted molar refractivity (Wildman–Crippen MR) is 117 cm³/mol. The largest absolute Gasteiger partial charge is 0.496 e. The lowest BCUT2D eigenvalue weighted by atomic mass is 9.83. The van der Waals surface area contributed by atoms with E-state index in [-0.39, 0.29) is 11.9 Å². The van der Waals surface area contributed by atoms with E-state index >= 15 is 0 Å². The van der Waals surface area contributed by atoms with Gasteiger partial charge < -0.3 is 19.3 Å². The number of aliphatic hydroxyl groups is 1. The van der Waals surface area contributed by atoms with Gasteiger partial charge in [0.15, 0.2) is 0 Å². The molecule has 1 aliphatic carbocycles. The van der Waals surface area contributed by atoms with Crippen molar-refractivity contribution in [1.29, 1.82) is 0 Å². The molecular weight excluding hydrogens is 394 g/mol. The van der Waals surface area contributed by atoms with Crippen LogP contribution in [0, 0.1) is 18.8 Å². The molecule has 2 aliphatic rings. The highest BCUT2D eigenvalue weighted by molar-refractivity contribution is 5.37. The summed E-state index contributed by atoms with van der Waals surface area (Å²) in [6.45, 7) is 9.45. The van der Waals surface area contributed by atoms with Gasteiger partial charge in [-0.2, -0.15) is 4.98 Å². The first-order chi connectivity index (χ1) is 15.0. The number of hydrogen-bond acceptors (Lipinski definition) is 7. The van der Waals surface area contributed by atoms with E-state index < -0.39 is 5.60 Å². The van der Waals surface area contributed by atoms with Crippen molar-refractivity contribution in [2.75, 3.05) is 33.4 Å². The van der Waals surface area contributed by atoms with Gasteiger partial charge in [-0.25, -0.2) is 4.98 Å². The lowest BCUT2D eigenvalue weighted by molar-refractivity contribution is -0.0102. The monoisotopic (exact) mass is 427 g/mol. The van der Waals surface area contributed by atoms with Gasteiger partial charge in [0.05, 0.1) is 25.9 Å². The maximum Gasteiger partial charge on any atom is 0.319 e. The fraction of sp³-hybridized carbons (Fsp3) is 0.583. The smallest absolute Gasteiger partial charge is 0.319 e. The number of fused-ring (bicyclic) bond motifs is 1. The molecule has 4 rings (SSSR count). The zero-order valence-electron chi connectivity index (χ0n) is 18.9. The summed E-state index contributed by atoms with van der Waals surface area (Å²) in [5.74, 6) is 1.89. The molecule has 1 saturated heterocycles.